The molecule has 0 spiro atoms. The zero-order valence-corrected chi connectivity index (χ0v) is 36.3. The first-order valence-electron chi connectivity index (χ1n) is 21.2. The molecule has 364 valence electrons. The second-order valence-electron chi connectivity index (χ2n) is 16.1. The van der Waals surface area contributed by atoms with Gasteiger partial charge in [-0.1, -0.05) is 20.8 Å². The average Bonchev–Trinajstić information content (AvgIpc) is 3.22. The summed E-state index contributed by atoms with van der Waals surface area (Å²) in [6, 6.07) is -2.66. The van der Waals surface area contributed by atoms with Gasteiger partial charge >= 0.3 is 0 Å². The van der Waals surface area contributed by atoms with Crippen molar-refractivity contribution in [2.75, 3.05) is 52.9 Å². The Bertz CT molecular complexity index is 1290. The number of aliphatic hydroxyl groups is 10. The molecule has 0 bridgehead atoms. The van der Waals surface area contributed by atoms with Crippen LogP contribution in [0, 0.1) is 5.92 Å². The van der Waals surface area contributed by atoms with Crippen molar-refractivity contribution in [3.63, 3.8) is 0 Å². The van der Waals surface area contributed by atoms with E-state index in [-0.39, 0.29) is 25.6 Å². The molecule has 0 aliphatic carbocycles. The molecule has 3 heterocycles. The van der Waals surface area contributed by atoms with Crippen LogP contribution < -0.4 is 10.6 Å². The van der Waals surface area contributed by atoms with Gasteiger partial charge in [0.1, 0.15) is 73.2 Å². The number of rotatable bonds is 26. The highest BCUT2D eigenvalue weighted by atomic mass is 16.7. The summed E-state index contributed by atoms with van der Waals surface area (Å²) in [6.45, 7) is 8.82. The van der Waals surface area contributed by atoms with Gasteiger partial charge in [0.15, 0.2) is 18.9 Å². The summed E-state index contributed by atoms with van der Waals surface area (Å²) in [5.41, 5.74) is 0. The van der Waals surface area contributed by atoms with Crippen LogP contribution in [0.1, 0.15) is 60.8 Å². The quantitative estimate of drug-likeness (QED) is 0.0286. The van der Waals surface area contributed by atoms with Gasteiger partial charge in [0.25, 0.3) is 0 Å². The molecule has 23 nitrogen and oxygen atoms in total. The van der Waals surface area contributed by atoms with E-state index in [1.807, 2.05) is 6.92 Å². The number of ether oxygens (including phenoxy) is 9. The second-order valence-corrected chi connectivity index (χ2v) is 16.1. The number of aliphatic hydroxyl groups excluding tert-OH is 10. The fourth-order valence-corrected chi connectivity index (χ4v) is 7.49. The van der Waals surface area contributed by atoms with E-state index in [9.17, 15) is 60.7 Å². The highest BCUT2D eigenvalue weighted by molar-refractivity contribution is 5.73. The maximum absolute atomic E-state index is 12.5. The van der Waals surface area contributed by atoms with Crippen molar-refractivity contribution in [3.8, 4) is 0 Å². The molecule has 0 aromatic rings. The van der Waals surface area contributed by atoms with E-state index in [1.165, 1.54) is 13.8 Å². The van der Waals surface area contributed by atoms with Crippen LogP contribution in [0.3, 0.4) is 0 Å². The van der Waals surface area contributed by atoms with Crippen LogP contribution in [0.5, 0.6) is 0 Å². The summed E-state index contributed by atoms with van der Waals surface area (Å²) in [7, 11) is 0. The molecule has 0 saturated carbocycles. The lowest BCUT2D eigenvalue weighted by Crippen LogP contribution is -2.70. The monoisotopic (exact) mass is 904 g/mol. The number of nitrogens with one attached hydrogen (secondary N) is 2. The van der Waals surface area contributed by atoms with Gasteiger partial charge in [-0.25, -0.2) is 0 Å². The number of hydrogen-bond donors (Lipinski definition) is 12. The molecule has 3 aliphatic heterocycles. The van der Waals surface area contributed by atoms with Crippen LogP contribution >= 0.6 is 0 Å². The molecule has 3 aliphatic rings. The van der Waals surface area contributed by atoms with E-state index in [0.29, 0.717) is 26.2 Å². The van der Waals surface area contributed by atoms with Crippen LogP contribution in [0.25, 0.3) is 0 Å². The molecular formula is C39H72N2O21. The fraction of sp³-hybridized carbons (Fsp3) is 0.949. The summed E-state index contributed by atoms with van der Waals surface area (Å²) in [6.07, 6.45) is -25.3. The number of amides is 2. The Kier molecular flexibility index (Phi) is 23.7. The Balaban J connectivity index is 1.83. The van der Waals surface area contributed by atoms with Gasteiger partial charge in [-0.2, -0.15) is 0 Å². The minimum Gasteiger partial charge on any atom is -0.396 e. The summed E-state index contributed by atoms with van der Waals surface area (Å²) in [5.74, 6) is -1.55. The molecule has 19 atom stereocenters. The van der Waals surface area contributed by atoms with Crippen molar-refractivity contribution in [2.24, 2.45) is 5.92 Å². The first-order chi connectivity index (χ1) is 29.4. The van der Waals surface area contributed by atoms with Crippen LogP contribution in [-0.4, -0.2) is 232 Å². The normalized spacial score (nSPS) is 36.2. The van der Waals surface area contributed by atoms with Crippen LogP contribution in [-0.2, 0) is 52.2 Å². The smallest absolute Gasteiger partial charge is 0.217 e. The number of carbonyl (C=O) groups excluding carboxylic acids is 2. The molecule has 2 amide bonds. The van der Waals surface area contributed by atoms with Crippen LogP contribution in [0.4, 0.5) is 0 Å². The SMILES string of the molecule is CCCOCCCOCCO[C@H](C(O)[C@@H](O)O[C@@H]1C(CO)O[C@@H](O[C@@H]2C(CO[C@@H]3O[C@@H](C)[C@@H](O)C(O)C3O)O[C@@H](C(C)C)C(NC(C)=O)[C@H]2O)C(NC(C)=O)[C@H]1O)[C@H](O)CCO. The van der Waals surface area contributed by atoms with Gasteiger partial charge in [-0.15, -0.1) is 0 Å². The lowest BCUT2D eigenvalue weighted by atomic mass is 9.87. The molecule has 3 saturated heterocycles. The second kappa shape index (κ2) is 27.0. The molecule has 7 unspecified atom stereocenters. The van der Waals surface area contributed by atoms with E-state index in [4.69, 9.17) is 42.6 Å². The lowest BCUT2D eigenvalue weighted by Gasteiger charge is -2.50. The standard InChI is InChI=1S/C39H72N2O21/c1-7-11-54-12-8-13-55-14-15-56-34(22(46)9-10-42)32(52)37(53)61-35-23(16-43)60-38(26(29(35)49)41-21(6)45)62-36-24(17-57-39-31(51)30(50)27(47)19(4)58-39)59-33(18(2)3)25(28(36)48)40-20(5)44/h18-19,22-39,42-43,46-53H,7-17H2,1-6H3,(H,40,44)(H,41,45)/t19-,22+,23?,24?,25?,26?,27+,28+,29+,30?,31?,32?,33-,34-,35+,36+,37-,38-,39+/m0/s1. The maximum atomic E-state index is 12.5. The molecule has 0 aromatic heterocycles. The van der Waals surface area contributed by atoms with E-state index >= 15 is 0 Å². The van der Waals surface area contributed by atoms with Crippen molar-refractivity contribution >= 4 is 11.8 Å². The van der Waals surface area contributed by atoms with E-state index in [0.717, 1.165) is 13.3 Å². The van der Waals surface area contributed by atoms with Crippen molar-refractivity contribution < 1.29 is 103 Å². The van der Waals surface area contributed by atoms with Crippen molar-refractivity contribution in [2.45, 2.75) is 177 Å². The third-order valence-electron chi connectivity index (χ3n) is 10.7. The Hall–Kier alpha value is -1.82. The molecule has 3 rings (SSSR count). The maximum Gasteiger partial charge on any atom is 0.217 e. The Morgan fingerprint density at radius 1 is 0.726 bits per heavy atom. The predicted octanol–water partition coefficient (Wildman–Crippen LogP) is -4.89. The van der Waals surface area contributed by atoms with Crippen LogP contribution in [0.15, 0.2) is 0 Å². The van der Waals surface area contributed by atoms with Crippen LogP contribution in [0.2, 0.25) is 0 Å². The number of hydrogen-bond acceptors (Lipinski definition) is 21. The average molecular weight is 905 g/mol. The van der Waals surface area contributed by atoms with Crippen molar-refractivity contribution in [1.29, 1.82) is 0 Å². The summed E-state index contributed by atoms with van der Waals surface area (Å²) >= 11 is 0. The topological polar surface area (TPSA) is 344 Å². The molecule has 62 heavy (non-hydrogen) atoms. The van der Waals surface area contributed by atoms with Gasteiger partial charge in [0.2, 0.25) is 11.8 Å². The zero-order valence-electron chi connectivity index (χ0n) is 36.3. The molecule has 0 radical (unpaired) electrons. The highest BCUT2D eigenvalue weighted by Crippen LogP contribution is 2.34. The van der Waals surface area contributed by atoms with E-state index in [2.05, 4.69) is 10.6 Å². The minimum atomic E-state index is -2.22. The third kappa shape index (κ3) is 15.4. The van der Waals surface area contributed by atoms with E-state index in [1.54, 1.807) is 13.8 Å². The summed E-state index contributed by atoms with van der Waals surface area (Å²) in [5, 5.41) is 113. The predicted molar refractivity (Wildman–Crippen MR) is 211 cm³/mol. The molecule has 3 fully saturated rings. The Morgan fingerprint density at radius 2 is 1.35 bits per heavy atom. The first kappa shape index (κ1) is 54.5. The lowest BCUT2D eigenvalue weighted by molar-refractivity contribution is -0.343. The summed E-state index contributed by atoms with van der Waals surface area (Å²) < 4.78 is 52.2. The Morgan fingerprint density at radius 3 is 1.95 bits per heavy atom. The van der Waals surface area contributed by atoms with E-state index < -0.39 is 148 Å². The summed E-state index contributed by atoms with van der Waals surface area (Å²) in [4.78, 5) is 24.8. The van der Waals surface area contributed by atoms with Crippen molar-refractivity contribution in [1.82, 2.24) is 10.6 Å². The van der Waals surface area contributed by atoms with Gasteiger partial charge < -0.3 is 104 Å². The Labute approximate surface area is 361 Å². The molecular weight excluding hydrogens is 832 g/mol. The highest BCUT2D eigenvalue weighted by Gasteiger charge is 2.54. The molecule has 12 N–H and O–H groups in total. The van der Waals surface area contributed by atoms with Crippen molar-refractivity contribution in [3.05, 3.63) is 0 Å². The van der Waals surface area contributed by atoms with Gasteiger partial charge in [-0.05, 0) is 32.1 Å². The number of carbonyl (C=O) groups is 2. The molecule has 23 heteroatoms. The van der Waals surface area contributed by atoms with Gasteiger partial charge in [0, 0.05) is 40.3 Å². The van der Waals surface area contributed by atoms with Gasteiger partial charge in [-0.3, -0.25) is 9.59 Å². The van der Waals surface area contributed by atoms with Gasteiger partial charge in [0.05, 0.1) is 50.8 Å². The zero-order chi connectivity index (χ0) is 46.3. The third-order valence-corrected chi connectivity index (χ3v) is 10.7. The minimum absolute atomic E-state index is 0.0432. The fourth-order valence-electron chi connectivity index (χ4n) is 7.49. The largest absolute Gasteiger partial charge is 0.396 e. The molecule has 0 aromatic carbocycles. The first-order valence-corrected chi connectivity index (χ1v) is 21.2.